The molecule has 1 aromatic heterocycles. The summed E-state index contributed by atoms with van der Waals surface area (Å²) in [6, 6.07) is 6.61. The Morgan fingerprint density at radius 3 is 2.60 bits per heavy atom. The Balaban J connectivity index is 2.29. The number of anilines is 3. The van der Waals surface area contributed by atoms with Gasteiger partial charge in [0.25, 0.3) is 0 Å². The minimum absolute atomic E-state index is 0.332. The molecule has 0 fully saturated rings. The van der Waals surface area contributed by atoms with E-state index in [1.54, 1.807) is 25.2 Å². The topological polar surface area (TPSA) is 49.8 Å². The van der Waals surface area contributed by atoms with Crippen LogP contribution in [0, 0.1) is 5.82 Å². The Labute approximate surface area is 126 Å². The van der Waals surface area contributed by atoms with Gasteiger partial charge in [-0.05, 0) is 24.6 Å². The Hall–Kier alpha value is -1.69. The molecule has 2 N–H and O–H groups in total. The molecule has 0 aliphatic rings. The van der Waals surface area contributed by atoms with Gasteiger partial charge in [-0.2, -0.15) is 0 Å². The number of nitrogens with zero attached hydrogens (tertiary/aromatic N) is 2. The molecule has 0 saturated heterocycles. The standard InChI is InChI=1S/C14H16BrFN4/c1-3-4-12-19-13(17-2)8-14(20-12)18-11-6-5-9(15)7-10(11)16/h5-8H,3-4H2,1-2H3,(H2,17,18,19,20). The average Bonchev–Trinajstić information content (AvgIpc) is 2.42. The van der Waals surface area contributed by atoms with Crippen LogP contribution in [0.15, 0.2) is 28.7 Å². The molecule has 0 spiro atoms. The fraction of sp³-hybridized carbons (Fsp3) is 0.286. The van der Waals surface area contributed by atoms with Gasteiger partial charge in [-0.1, -0.05) is 22.9 Å². The van der Waals surface area contributed by atoms with Gasteiger partial charge in [0, 0.05) is 24.0 Å². The summed E-state index contributed by atoms with van der Waals surface area (Å²) in [6.07, 6.45) is 1.74. The molecule has 106 valence electrons. The third-order valence-corrected chi connectivity index (χ3v) is 3.19. The van der Waals surface area contributed by atoms with Gasteiger partial charge >= 0.3 is 0 Å². The molecule has 0 radical (unpaired) electrons. The highest BCUT2D eigenvalue weighted by atomic mass is 79.9. The number of hydrogen-bond donors (Lipinski definition) is 2. The van der Waals surface area contributed by atoms with E-state index in [4.69, 9.17) is 0 Å². The first kappa shape index (κ1) is 14.7. The quantitative estimate of drug-likeness (QED) is 0.861. The van der Waals surface area contributed by atoms with E-state index in [2.05, 4.69) is 43.5 Å². The summed E-state index contributed by atoms with van der Waals surface area (Å²) in [5.74, 6) is 1.69. The number of nitrogens with one attached hydrogen (secondary N) is 2. The molecule has 0 aliphatic carbocycles. The van der Waals surface area contributed by atoms with E-state index < -0.39 is 0 Å². The lowest BCUT2D eigenvalue weighted by molar-refractivity contribution is 0.631. The third-order valence-electron chi connectivity index (χ3n) is 2.70. The van der Waals surface area contributed by atoms with Gasteiger partial charge in [0.15, 0.2) is 0 Å². The molecule has 0 atom stereocenters. The van der Waals surface area contributed by atoms with Gasteiger partial charge in [-0.15, -0.1) is 0 Å². The van der Waals surface area contributed by atoms with E-state index in [9.17, 15) is 4.39 Å². The van der Waals surface area contributed by atoms with E-state index >= 15 is 0 Å². The maximum atomic E-state index is 13.8. The molecular weight excluding hydrogens is 323 g/mol. The number of aryl methyl sites for hydroxylation is 1. The summed E-state index contributed by atoms with van der Waals surface area (Å²) in [5.41, 5.74) is 0.386. The summed E-state index contributed by atoms with van der Waals surface area (Å²) in [5, 5.41) is 5.97. The summed E-state index contributed by atoms with van der Waals surface area (Å²) in [6.45, 7) is 2.07. The highest BCUT2D eigenvalue weighted by Gasteiger charge is 2.07. The first-order valence-corrected chi connectivity index (χ1v) is 7.19. The van der Waals surface area contributed by atoms with Crippen molar-refractivity contribution in [3.05, 3.63) is 40.4 Å². The Morgan fingerprint density at radius 2 is 1.95 bits per heavy atom. The number of benzene rings is 1. The van der Waals surface area contributed by atoms with Crippen molar-refractivity contribution in [3.8, 4) is 0 Å². The Kier molecular flexibility index (Phi) is 4.89. The number of halogens is 2. The van der Waals surface area contributed by atoms with Gasteiger partial charge < -0.3 is 10.6 Å². The van der Waals surface area contributed by atoms with E-state index in [1.165, 1.54) is 6.07 Å². The van der Waals surface area contributed by atoms with Gasteiger partial charge in [0.2, 0.25) is 0 Å². The average molecular weight is 339 g/mol. The minimum Gasteiger partial charge on any atom is -0.373 e. The highest BCUT2D eigenvalue weighted by Crippen LogP contribution is 2.23. The monoisotopic (exact) mass is 338 g/mol. The van der Waals surface area contributed by atoms with Gasteiger partial charge in [0.05, 0.1) is 5.69 Å². The summed E-state index contributed by atoms with van der Waals surface area (Å²) < 4.78 is 14.5. The molecule has 4 nitrogen and oxygen atoms in total. The lowest BCUT2D eigenvalue weighted by Crippen LogP contribution is -2.04. The number of aromatic nitrogens is 2. The number of rotatable bonds is 5. The lowest BCUT2D eigenvalue weighted by Gasteiger charge is -2.10. The smallest absolute Gasteiger partial charge is 0.147 e. The van der Waals surface area contributed by atoms with Crippen LogP contribution in [0.4, 0.5) is 21.7 Å². The van der Waals surface area contributed by atoms with Crippen LogP contribution in [0.2, 0.25) is 0 Å². The largest absolute Gasteiger partial charge is 0.373 e. The second-order valence-electron chi connectivity index (χ2n) is 4.30. The van der Waals surface area contributed by atoms with Crippen molar-refractivity contribution in [2.75, 3.05) is 17.7 Å². The summed E-state index contributed by atoms with van der Waals surface area (Å²) in [7, 11) is 1.79. The van der Waals surface area contributed by atoms with E-state index in [0.29, 0.717) is 21.8 Å². The van der Waals surface area contributed by atoms with Crippen LogP contribution >= 0.6 is 15.9 Å². The fourth-order valence-electron chi connectivity index (χ4n) is 1.75. The molecule has 1 heterocycles. The van der Waals surface area contributed by atoms with Gasteiger partial charge in [0.1, 0.15) is 23.3 Å². The Morgan fingerprint density at radius 1 is 1.20 bits per heavy atom. The fourth-order valence-corrected chi connectivity index (χ4v) is 2.09. The molecule has 6 heteroatoms. The zero-order valence-electron chi connectivity index (χ0n) is 11.4. The molecule has 2 rings (SSSR count). The highest BCUT2D eigenvalue weighted by molar-refractivity contribution is 9.10. The molecule has 0 saturated carbocycles. The second kappa shape index (κ2) is 6.65. The van der Waals surface area contributed by atoms with Crippen molar-refractivity contribution >= 4 is 33.3 Å². The van der Waals surface area contributed by atoms with E-state index in [-0.39, 0.29) is 5.82 Å². The zero-order chi connectivity index (χ0) is 14.5. The van der Waals surface area contributed by atoms with Crippen molar-refractivity contribution in [1.29, 1.82) is 0 Å². The molecule has 0 aliphatic heterocycles. The van der Waals surface area contributed by atoms with Crippen LogP contribution in [0.3, 0.4) is 0 Å². The normalized spacial score (nSPS) is 10.4. The van der Waals surface area contributed by atoms with Crippen LogP contribution in [-0.2, 0) is 6.42 Å². The molecule has 2 aromatic rings. The van der Waals surface area contributed by atoms with Crippen molar-refractivity contribution in [3.63, 3.8) is 0 Å². The maximum Gasteiger partial charge on any atom is 0.147 e. The first-order chi connectivity index (χ1) is 9.62. The summed E-state index contributed by atoms with van der Waals surface area (Å²) >= 11 is 3.23. The SMILES string of the molecule is CCCc1nc(NC)cc(Nc2ccc(Br)cc2F)n1. The van der Waals surface area contributed by atoms with Crippen LogP contribution in [0.1, 0.15) is 19.2 Å². The van der Waals surface area contributed by atoms with Crippen molar-refractivity contribution < 1.29 is 4.39 Å². The van der Waals surface area contributed by atoms with Crippen molar-refractivity contribution in [2.24, 2.45) is 0 Å². The zero-order valence-corrected chi connectivity index (χ0v) is 13.0. The van der Waals surface area contributed by atoms with Crippen LogP contribution in [-0.4, -0.2) is 17.0 Å². The first-order valence-electron chi connectivity index (χ1n) is 6.40. The maximum absolute atomic E-state index is 13.8. The molecule has 0 bridgehead atoms. The second-order valence-corrected chi connectivity index (χ2v) is 5.22. The summed E-state index contributed by atoms with van der Waals surface area (Å²) in [4.78, 5) is 8.75. The lowest BCUT2D eigenvalue weighted by atomic mass is 10.3. The third kappa shape index (κ3) is 3.66. The Bertz CT molecular complexity index is 604. The molecule has 1 aromatic carbocycles. The minimum atomic E-state index is -0.332. The van der Waals surface area contributed by atoms with E-state index in [0.717, 1.165) is 18.7 Å². The van der Waals surface area contributed by atoms with Crippen LogP contribution in [0.25, 0.3) is 0 Å². The predicted molar refractivity (Wildman–Crippen MR) is 83.0 cm³/mol. The molecule has 0 unspecified atom stereocenters. The van der Waals surface area contributed by atoms with Crippen LogP contribution < -0.4 is 10.6 Å². The molecular formula is C14H16BrFN4. The van der Waals surface area contributed by atoms with Gasteiger partial charge in [-0.25, -0.2) is 14.4 Å². The number of hydrogen-bond acceptors (Lipinski definition) is 4. The molecule has 20 heavy (non-hydrogen) atoms. The predicted octanol–water partition coefficient (Wildman–Crippen LogP) is 4.12. The van der Waals surface area contributed by atoms with Crippen LogP contribution in [0.5, 0.6) is 0 Å². The van der Waals surface area contributed by atoms with E-state index in [1.807, 2.05) is 0 Å². The van der Waals surface area contributed by atoms with Crippen molar-refractivity contribution in [1.82, 2.24) is 9.97 Å². The van der Waals surface area contributed by atoms with Gasteiger partial charge in [-0.3, -0.25) is 0 Å². The molecule has 0 amide bonds. The van der Waals surface area contributed by atoms with Crippen molar-refractivity contribution in [2.45, 2.75) is 19.8 Å².